The molecule has 0 aliphatic rings. The molecule has 0 aliphatic carbocycles. The van der Waals surface area contributed by atoms with Crippen molar-refractivity contribution in [3.8, 4) is 0 Å². The summed E-state index contributed by atoms with van der Waals surface area (Å²) in [6, 6.07) is 7.99. The molecule has 0 atom stereocenters. The van der Waals surface area contributed by atoms with Gasteiger partial charge in [-0.05, 0) is 30.2 Å². The second kappa shape index (κ2) is 6.53. The lowest BCUT2D eigenvalue weighted by atomic mass is 10.1. The fraction of sp³-hybridized carbons (Fsp3) is 0.143. The first-order valence-corrected chi connectivity index (χ1v) is 7.03. The summed E-state index contributed by atoms with van der Waals surface area (Å²) in [6.07, 6.45) is 0.666. The topological polar surface area (TPSA) is 38.0 Å². The summed E-state index contributed by atoms with van der Waals surface area (Å²) in [5, 5.41) is 4.26. The Kier molecular flexibility index (Phi) is 4.97. The molecule has 2 nitrogen and oxygen atoms in total. The van der Waals surface area contributed by atoms with Crippen LogP contribution in [0.3, 0.4) is 0 Å². The van der Waals surface area contributed by atoms with Gasteiger partial charge in [0, 0.05) is 22.7 Å². The number of nitrogen functional groups attached to an aromatic ring is 1. The van der Waals surface area contributed by atoms with Gasteiger partial charge >= 0.3 is 0 Å². The highest BCUT2D eigenvalue weighted by atomic mass is 35.5. The number of hydrogen-bond donors (Lipinski definition) is 2. The van der Waals surface area contributed by atoms with Gasteiger partial charge in [0.2, 0.25) is 0 Å². The fourth-order valence-corrected chi connectivity index (χ4v) is 2.45. The summed E-state index contributed by atoms with van der Waals surface area (Å²) >= 11 is 17.5. The van der Waals surface area contributed by atoms with Crippen LogP contribution in [0.25, 0.3) is 0 Å². The van der Waals surface area contributed by atoms with Crippen molar-refractivity contribution >= 4 is 46.2 Å². The first-order valence-electron chi connectivity index (χ1n) is 5.89. The van der Waals surface area contributed by atoms with E-state index in [4.69, 9.17) is 40.5 Å². The van der Waals surface area contributed by atoms with Crippen molar-refractivity contribution in [1.29, 1.82) is 0 Å². The zero-order valence-electron chi connectivity index (χ0n) is 10.4. The predicted octanol–water partition coefficient (Wildman–Crippen LogP) is 5.02. The third-order valence-electron chi connectivity index (χ3n) is 2.82. The summed E-state index contributed by atoms with van der Waals surface area (Å²) in [5.74, 6) is -0.507. The van der Waals surface area contributed by atoms with E-state index in [1.165, 1.54) is 12.1 Å². The van der Waals surface area contributed by atoms with Crippen molar-refractivity contribution in [3.05, 3.63) is 56.8 Å². The van der Waals surface area contributed by atoms with Gasteiger partial charge in [-0.2, -0.15) is 0 Å². The monoisotopic (exact) mass is 332 g/mol. The minimum Gasteiger partial charge on any atom is -0.397 e. The molecule has 0 amide bonds. The standard InChI is InChI=1S/C14H12Cl3FN2/c15-9-2-1-8(10(16)5-9)3-4-20-14-7-12(18)11(17)6-13(14)19/h1-2,5-7,20H,3-4,19H2. The molecular formula is C14H12Cl3FN2. The predicted molar refractivity (Wildman–Crippen MR) is 84.5 cm³/mol. The van der Waals surface area contributed by atoms with Gasteiger partial charge in [-0.25, -0.2) is 4.39 Å². The molecule has 6 heteroatoms. The molecule has 0 radical (unpaired) electrons. The van der Waals surface area contributed by atoms with Gasteiger partial charge < -0.3 is 11.1 Å². The third-order valence-corrected chi connectivity index (χ3v) is 3.69. The van der Waals surface area contributed by atoms with Gasteiger partial charge in [-0.15, -0.1) is 0 Å². The number of rotatable bonds is 4. The van der Waals surface area contributed by atoms with Crippen molar-refractivity contribution < 1.29 is 4.39 Å². The average Bonchev–Trinajstić information content (AvgIpc) is 2.38. The van der Waals surface area contributed by atoms with Crippen molar-refractivity contribution in [2.24, 2.45) is 0 Å². The maximum atomic E-state index is 13.4. The number of anilines is 2. The Morgan fingerprint density at radius 1 is 1.05 bits per heavy atom. The average molecular weight is 334 g/mol. The van der Waals surface area contributed by atoms with E-state index in [2.05, 4.69) is 5.32 Å². The number of nitrogens with two attached hydrogens (primary N) is 1. The molecule has 0 saturated heterocycles. The Morgan fingerprint density at radius 2 is 1.80 bits per heavy atom. The number of hydrogen-bond acceptors (Lipinski definition) is 2. The van der Waals surface area contributed by atoms with E-state index in [0.717, 1.165) is 5.56 Å². The zero-order chi connectivity index (χ0) is 14.7. The Hall–Kier alpha value is -1.16. The molecule has 0 unspecified atom stereocenters. The summed E-state index contributed by atoms with van der Waals surface area (Å²) < 4.78 is 13.4. The van der Waals surface area contributed by atoms with Crippen LogP contribution in [0, 0.1) is 5.82 Å². The van der Waals surface area contributed by atoms with Crippen LogP contribution in [0.15, 0.2) is 30.3 Å². The van der Waals surface area contributed by atoms with Gasteiger partial charge in [0.15, 0.2) is 0 Å². The molecule has 0 aromatic heterocycles. The summed E-state index contributed by atoms with van der Waals surface area (Å²) in [7, 11) is 0. The molecule has 0 fully saturated rings. The largest absolute Gasteiger partial charge is 0.397 e. The van der Waals surface area contributed by atoms with Crippen LogP contribution in [-0.4, -0.2) is 6.54 Å². The molecule has 0 saturated carbocycles. The molecule has 0 heterocycles. The number of halogens is 4. The molecule has 20 heavy (non-hydrogen) atoms. The van der Waals surface area contributed by atoms with Crippen molar-refractivity contribution in [3.63, 3.8) is 0 Å². The maximum Gasteiger partial charge on any atom is 0.143 e. The van der Waals surface area contributed by atoms with Gasteiger partial charge in [-0.3, -0.25) is 0 Å². The Bertz CT molecular complexity index is 632. The lowest BCUT2D eigenvalue weighted by molar-refractivity contribution is 0.629. The summed E-state index contributed by atoms with van der Waals surface area (Å²) in [6.45, 7) is 0.562. The molecule has 106 valence electrons. The SMILES string of the molecule is Nc1cc(Cl)c(F)cc1NCCc1ccc(Cl)cc1Cl. The summed E-state index contributed by atoms with van der Waals surface area (Å²) in [5.41, 5.74) is 7.63. The first kappa shape index (κ1) is 15.2. The highest BCUT2D eigenvalue weighted by molar-refractivity contribution is 6.35. The van der Waals surface area contributed by atoms with Gasteiger partial charge in [0.1, 0.15) is 5.82 Å². The van der Waals surface area contributed by atoms with E-state index in [-0.39, 0.29) is 5.02 Å². The molecule has 0 spiro atoms. The second-order valence-electron chi connectivity index (χ2n) is 4.27. The Labute approximate surface area is 131 Å². The second-order valence-corrected chi connectivity index (χ2v) is 5.52. The molecule has 2 aromatic carbocycles. The van der Waals surface area contributed by atoms with Crippen LogP contribution in [0.4, 0.5) is 15.8 Å². The van der Waals surface area contributed by atoms with Crippen LogP contribution in [0.1, 0.15) is 5.56 Å². The van der Waals surface area contributed by atoms with Crippen molar-refractivity contribution in [1.82, 2.24) is 0 Å². The van der Waals surface area contributed by atoms with Crippen LogP contribution in [-0.2, 0) is 6.42 Å². The van der Waals surface area contributed by atoms with Crippen LogP contribution < -0.4 is 11.1 Å². The smallest absolute Gasteiger partial charge is 0.143 e. The van der Waals surface area contributed by atoms with Crippen LogP contribution >= 0.6 is 34.8 Å². The minimum atomic E-state index is -0.507. The van der Waals surface area contributed by atoms with Gasteiger partial charge in [0.25, 0.3) is 0 Å². The highest BCUT2D eigenvalue weighted by Crippen LogP contribution is 2.26. The normalized spacial score (nSPS) is 10.6. The molecule has 2 aromatic rings. The Balaban J connectivity index is 2.01. The lowest BCUT2D eigenvalue weighted by Gasteiger charge is -2.11. The lowest BCUT2D eigenvalue weighted by Crippen LogP contribution is -2.07. The van der Waals surface area contributed by atoms with Gasteiger partial charge in [-0.1, -0.05) is 40.9 Å². The first-order chi connectivity index (χ1) is 9.47. The summed E-state index contributed by atoms with van der Waals surface area (Å²) in [4.78, 5) is 0. The molecule has 3 N–H and O–H groups in total. The number of nitrogens with one attached hydrogen (secondary N) is 1. The van der Waals surface area contributed by atoms with E-state index in [0.29, 0.717) is 34.4 Å². The van der Waals surface area contributed by atoms with Crippen LogP contribution in [0.5, 0.6) is 0 Å². The number of benzene rings is 2. The molecule has 0 aliphatic heterocycles. The highest BCUT2D eigenvalue weighted by Gasteiger charge is 2.06. The maximum absolute atomic E-state index is 13.4. The van der Waals surface area contributed by atoms with Gasteiger partial charge in [0.05, 0.1) is 16.4 Å². The van der Waals surface area contributed by atoms with Crippen molar-refractivity contribution in [2.75, 3.05) is 17.6 Å². The minimum absolute atomic E-state index is 0.00814. The quantitative estimate of drug-likeness (QED) is 0.771. The molecule has 2 rings (SSSR count). The van der Waals surface area contributed by atoms with E-state index in [1.54, 1.807) is 12.1 Å². The Morgan fingerprint density at radius 3 is 2.50 bits per heavy atom. The van der Waals surface area contributed by atoms with Crippen LogP contribution in [0.2, 0.25) is 15.1 Å². The molecular weight excluding hydrogens is 322 g/mol. The molecule has 0 bridgehead atoms. The van der Waals surface area contributed by atoms with Crippen molar-refractivity contribution in [2.45, 2.75) is 6.42 Å². The van der Waals surface area contributed by atoms with E-state index < -0.39 is 5.82 Å². The van der Waals surface area contributed by atoms with E-state index >= 15 is 0 Å². The van der Waals surface area contributed by atoms with E-state index in [9.17, 15) is 4.39 Å². The third kappa shape index (κ3) is 3.69. The van der Waals surface area contributed by atoms with E-state index in [1.807, 2.05) is 6.07 Å². The fourth-order valence-electron chi connectivity index (χ4n) is 1.77. The zero-order valence-corrected chi connectivity index (χ0v) is 12.7.